The molecule has 0 unspecified atom stereocenters. The molecule has 0 saturated carbocycles. The van der Waals surface area contributed by atoms with Crippen molar-refractivity contribution >= 4 is 6.03 Å². The first kappa shape index (κ1) is 8.23. The molecular weight excluding hydrogens is 120 g/mol. The number of hydrogen-bond donors (Lipinski definition) is 3. The Kier molecular flexibility index (Phi) is 3.79. The van der Waals surface area contributed by atoms with Crippen LogP contribution in [-0.4, -0.2) is 24.3 Å². The van der Waals surface area contributed by atoms with Gasteiger partial charge in [-0.3, -0.25) is 0 Å². The summed E-state index contributed by atoms with van der Waals surface area (Å²) < 4.78 is 0. The number of aliphatic hydroxyl groups excluding tert-OH is 1. The van der Waals surface area contributed by atoms with Crippen LogP contribution in [0.5, 0.6) is 0 Å². The second-order valence-electron chi connectivity index (χ2n) is 2.03. The van der Waals surface area contributed by atoms with Gasteiger partial charge in [0.25, 0.3) is 0 Å². The zero-order valence-electron chi connectivity index (χ0n) is 5.42. The molecule has 0 aliphatic rings. The number of amides is 2. The topological polar surface area (TPSA) is 75.3 Å². The minimum atomic E-state index is -0.546. The Balaban J connectivity index is 3.16. The van der Waals surface area contributed by atoms with Gasteiger partial charge in [0.05, 0.1) is 0 Å². The van der Waals surface area contributed by atoms with Gasteiger partial charge in [-0.05, 0) is 5.92 Å². The lowest BCUT2D eigenvalue weighted by molar-refractivity contribution is 0.226. The predicted octanol–water partition coefficient (Wildman–Crippen LogP) is -0.717. The van der Waals surface area contributed by atoms with Gasteiger partial charge in [-0.15, -0.1) is 0 Å². The van der Waals surface area contributed by atoms with Gasteiger partial charge in [0, 0.05) is 13.2 Å². The van der Waals surface area contributed by atoms with E-state index in [9.17, 15) is 4.79 Å². The molecule has 54 valence electrons. The summed E-state index contributed by atoms with van der Waals surface area (Å²) in [5.74, 6) is 0.0810. The monoisotopic (exact) mass is 132 g/mol. The second kappa shape index (κ2) is 4.14. The van der Waals surface area contributed by atoms with Crippen LogP contribution in [-0.2, 0) is 0 Å². The highest BCUT2D eigenvalue weighted by Gasteiger charge is 1.98. The first-order chi connectivity index (χ1) is 4.16. The van der Waals surface area contributed by atoms with Crippen molar-refractivity contribution in [1.82, 2.24) is 5.32 Å². The van der Waals surface area contributed by atoms with Crippen molar-refractivity contribution in [3.05, 3.63) is 0 Å². The number of nitrogens with two attached hydrogens (primary N) is 1. The molecule has 0 spiro atoms. The maximum Gasteiger partial charge on any atom is 0.312 e. The number of carbonyl (C=O) groups excluding carboxylic acids is 1. The Hall–Kier alpha value is -0.770. The molecule has 0 aliphatic carbocycles. The van der Waals surface area contributed by atoms with E-state index in [-0.39, 0.29) is 12.5 Å². The number of rotatable bonds is 3. The average Bonchev–Trinajstić information content (AvgIpc) is 1.83. The van der Waals surface area contributed by atoms with E-state index < -0.39 is 6.03 Å². The van der Waals surface area contributed by atoms with E-state index >= 15 is 0 Å². The highest BCUT2D eigenvalue weighted by Crippen LogP contribution is 1.86. The Morgan fingerprint density at radius 2 is 2.44 bits per heavy atom. The fraction of sp³-hybridized carbons (Fsp3) is 0.800. The second-order valence-corrected chi connectivity index (χ2v) is 2.03. The Labute approximate surface area is 54.0 Å². The third kappa shape index (κ3) is 5.10. The van der Waals surface area contributed by atoms with Crippen LogP contribution in [0.3, 0.4) is 0 Å². The lowest BCUT2D eigenvalue weighted by Crippen LogP contribution is -2.33. The first-order valence-corrected chi connectivity index (χ1v) is 2.81. The van der Waals surface area contributed by atoms with Crippen LogP contribution in [0.2, 0.25) is 0 Å². The highest BCUT2D eigenvalue weighted by molar-refractivity contribution is 5.71. The van der Waals surface area contributed by atoms with Crippen LogP contribution in [0.15, 0.2) is 0 Å². The molecular formula is C5H12N2O2. The third-order valence-corrected chi connectivity index (χ3v) is 0.936. The smallest absolute Gasteiger partial charge is 0.312 e. The average molecular weight is 132 g/mol. The Bertz CT molecular complexity index is 95.0. The van der Waals surface area contributed by atoms with E-state index in [4.69, 9.17) is 10.8 Å². The maximum atomic E-state index is 10.0. The lowest BCUT2D eigenvalue weighted by atomic mass is 10.2. The van der Waals surface area contributed by atoms with Crippen LogP contribution < -0.4 is 11.1 Å². The first-order valence-electron chi connectivity index (χ1n) is 2.81. The van der Waals surface area contributed by atoms with Crippen molar-refractivity contribution in [3.63, 3.8) is 0 Å². The molecule has 0 aromatic rings. The number of aliphatic hydroxyl groups is 1. The summed E-state index contributed by atoms with van der Waals surface area (Å²) in [5.41, 5.74) is 4.76. The van der Waals surface area contributed by atoms with Crippen molar-refractivity contribution in [2.75, 3.05) is 13.2 Å². The van der Waals surface area contributed by atoms with Gasteiger partial charge in [0.2, 0.25) is 0 Å². The molecule has 0 radical (unpaired) electrons. The lowest BCUT2D eigenvalue weighted by Gasteiger charge is -2.05. The van der Waals surface area contributed by atoms with Gasteiger partial charge in [-0.1, -0.05) is 6.92 Å². The Morgan fingerprint density at radius 1 is 1.89 bits per heavy atom. The molecule has 0 heterocycles. The van der Waals surface area contributed by atoms with Gasteiger partial charge >= 0.3 is 6.03 Å². The molecule has 0 aromatic heterocycles. The fourth-order valence-corrected chi connectivity index (χ4v) is 0.339. The highest BCUT2D eigenvalue weighted by atomic mass is 16.3. The van der Waals surface area contributed by atoms with Crippen molar-refractivity contribution in [2.45, 2.75) is 6.92 Å². The fourth-order valence-electron chi connectivity index (χ4n) is 0.339. The molecule has 1 atom stereocenters. The molecule has 0 aromatic carbocycles. The van der Waals surface area contributed by atoms with Gasteiger partial charge in [-0.2, -0.15) is 0 Å². The third-order valence-electron chi connectivity index (χ3n) is 0.936. The normalized spacial score (nSPS) is 12.7. The number of nitrogens with one attached hydrogen (secondary N) is 1. The van der Waals surface area contributed by atoms with Crippen LogP contribution in [0, 0.1) is 5.92 Å². The molecule has 9 heavy (non-hydrogen) atoms. The molecule has 0 fully saturated rings. The summed E-state index contributed by atoms with van der Waals surface area (Å²) in [7, 11) is 0. The minimum absolute atomic E-state index is 0.0697. The molecule has 4 N–H and O–H groups in total. The van der Waals surface area contributed by atoms with Crippen LogP contribution in [0.25, 0.3) is 0 Å². The molecule has 0 bridgehead atoms. The maximum absolute atomic E-state index is 10.0. The Morgan fingerprint density at radius 3 is 2.78 bits per heavy atom. The number of carbonyl (C=O) groups is 1. The summed E-state index contributed by atoms with van der Waals surface area (Å²) in [6, 6.07) is -0.546. The van der Waals surface area contributed by atoms with Crippen molar-refractivity contribution < 1.29 is 9.90 Å². The number of urea groups is 1. The molecule has 4 nitrogen and oxygen atoms in total. The van der Waals surface area contributed by atoms with Gasteiger partial charge in [-0.25, -0.2) is 4.79 Å². The SMILES string of the molecule is C[C@H](CO)CNC(N)=O. The molecule has 0 saturated heterocycles. The molecule has 2 amide bonds. The van der Waals surface area contributed by atoms with E-state index in [2.05, 4.69) is 5.32 Å². The zero-order chi connectivity index (χ0) is 7.28. The van der Waals surface area contributed by atoms with Gasteiger partial charge < -0.3 is 16.2 Å². The van der Waals surface area contributed by atoms with Crippen LogP contribution >= 0.6 is 0 Å². The molecule has 0 aliphatic heterocycles. The van der Waals surface area contributed by atoms with E-state index in [0.717, 1.165) is 0 Å². The zero-order valence-corrected chi connectivity index (χ0v) is 5.42. The van der Waals surface area contributed by atoms with Gasteiger partial charge in [0.15, 0.2) is 0 Å². The summed E-state index contributed by atoms with van der Waals surface area (Å²) >= 11 is 0. The van der Waals surface area contributed by atoms with Crippen molar-refractivity contribution in [2.24, 2.45) is 11.7 Å². The summed E-state index contributed by atoms with van der Waals surface area (Å²) in [5, 5.41) is 10.8. The van der Waals surface area contributed by atoms with Crippen molar-refractivity contribution in [1.29, 1.82) is 0 Å². The quantitative estimate of drug-likeness (QED) is 0.474. The van der Waals surface area contributed by atoms with E-state index in [1.807, 2.05) is 6.92 Å². The molecule has 0 rings (SSSR count). The van der Waals surface area contributed by atoms with Crippen LogP contribution in [0.1, 0.15) is 6.92 Å². The summed E-state index contributed by atoms with van der Waals surface area (Å²) in [4.78, 5) is 10.0. The summed E-state index contributed by atoms with van der Waals surface area (Å²) in [6.07, 6.45) is 0. The van der Waals surface area contributed by atoms with E-state index in [1.165, 1.54) is 0 Å². The minimum Gasteiger partial charge on any atom is -0.396 e. The molecule has 4 heteroatoms. The van der Waals surface area contributed by atoms with Crippen molar-refractivity contribution in [3.8, 4) is 0 Å². The number of hydrogen-bond acceptors (Lipinski definition) is 2. The van der Waals surface area contributed by atoms with E-state index in [1.54, 1.807) is 0 Å². The predicted molar refractivity (Wildman–Crippen MR) is 33.8 cm³/mol. The number of primary amides is 1. The van der Waals surface area contributed by atoms with Crippen LogP contribution in [0.4, 0.5) is 4.79 Å². The van der Waals surface area contributed by atoms with E-state index in [0.29, 0.717) is 6.54 Å². The largest absolute Gasteiger partial charge is 0.396 e. The summed E-state index contributed by atoms with van der Waals surface area (Å²) in [6.45, 7) is 2.32. The standard InChI is InChI=1S/C5H12N2O2/c1-4(3-8)2-7-5(6)9/h4,8H,2-3H2,1H3,(H3,6,7,9)/t4-/m0/s1. The van der Waals surface area contributed by atoms with Gasteiger partial charge in [0.1, 0.15) is 0 Å².